The number of aliphatic carboxylic acids is 1. The monoisotopic (exact) mass is 347 g/mol. The summed E-state index contributed by atoms with van der Waals surface area (Å²) in [6.07, 6.45) is 2.71. The molecule has 2 rings (SSSR count). The maximum Gasteiger partial charge on any atom is 0.407 e. The third-order valence-corrected chi connectivity index (χ3v) is 5.43. The van der Waals surface area contributed by atoms with Gasteiger partial charge in [-0.15, -0.1) is 0 Å². The molecule has 2 atom stereocenters. The summed E-state index contributed by atoms with van der Waals surface area (Å²) in [5, 5.41) is 12.5. The second kappa shape index (κ2) is 7.46. The molecule has 1 aliphatic rings. The van der Waals surface area contributed by atoms with Gasteiger partial charge in [-0.2, -0.15) is 0 Å². The molecule has 1 saturated heterocycles. The highest BCUT2D eigenvalue weighted by atomic mass is 16.6. The number of hydrogen-bond donors (Lipinski definition) is 2. The first-order valence-corrected chi connectivity index (χ1v) is 8.90. The minimum atomic E-state index is -0.877. The molecule has 0 saturated carbocycles. The van der Waals surface area contributed by atoms with Gasteiger partial charge < -0.3 is 15.2 Å². The van der Waals surface area contributed by atoms with E-state index in [1.54, 1.807) is 6.92 Å². The van der Waals surface area contributed by atoms with Crippen LogP contribution in [0.15, 0.2) is 24.3 Å². The highest BCUT2D eigenvalue weighted by molar-refractivity contribution is 5.80. The fourth-order valence-electron chi connectivity index (χ4n) is 3.41. The average molecular weight is 347 g/mol. The summed E-state index contributed by atoms with van der Waals surface area (Å²) in [5.74, 6) is -0.786. The molecule has 5 heteroatoms. The molecule has 0 aliphatic carbocycles. The van der Waals surface area contributed by atoms with Crippen molar-refractivity contribution in [3.63, 3.8) is 0 Å². The van der Waals surface area contributed by atoms with E-state index in [9.17, 15) is 14.7 Å². The Morgan fingerprint density at radius 1 is 1.28 bits per heavy atom. The van der Waals surface area contributed by atoms with Gasteiger partial charge in [0.1, 0.15) is 6.10 Å². The van der Waals surface area contributed by atoms with Crippen molar-refractivity contribution in [3.05, 3.63) is 35.4 Å². The maximum absolute atomic E-state index is 11.9. The van der Waals surface area contributed by atoms with Crippen molar-refractivity contribution >= 4 is 12.1 Å². The van der Waals surface area contributed by atoms with Crippen LogP contribution in [0.1, 0.15) is 57.6 Å². The molecule has 1 aromatic carbocycles. The van der Waals surface area contributed by atoms with Gasteiger partial charge in [-0.1, -0.05) is 56.5 Å². The van der Waals surface area contributed by atoms with E-state index in [1.165, 1.54) is 0 Å². The van der Waals surface area contributed by atoms with Gasteiger partial charge in [0.15, 0.2) is 0 Å². The van der Waals surface area contributed by atoms with Crippen LogP contribution in [0.4, 0.5) is 4.79 Å². The molecule has 2 N–H and O–H groups in total. The number of amides is 1. The summed E-state index contributed by atoms with van der Waals surface area (Å²) in [6, 6.07) is 7.75. The predicted molar refractivity (Wildman–Crippen MR) is 96.7 cm³/mol. The van der Waals surface area contributed by atoms with Gasteiger partial charge in [-0.25, -0.2) is 4.79 Å². The number of carbonyl (C=O) groups excluding carboxylic acids is 1. The lowest BCUT2D eigenvalue weighted by atomic mass is 9.76. The zero-order chi connectivity index (χ0) is 18.7. The van der Waals surface area contributed by atoms with Gasteiger partial charge in [0.05, 0.1) is 12.0 Å². The molecule has 5 nitrogen and oxygen atoms in total. The highest BCUT2D eigenvalue weighted by Crippen LogP contribution is 2.35. The van der Waals surface area contributed by atoms with Crippen molar-refractivity contribution in [1.82, 2.24) is 5.32 Å². The van der Waals surface area contributed by atoms with E-state index < -0.39 is 11.4 Å². The Balaban J connectivity index is 1.94. The van der Waals surface area contributed by atoms with Crippen LogP contribution in [0, 0.1) is 12.3 Å². The Kier molecular flexibility index (Phi) is 5.76. The molecule has 0 bridgehead atoms. The van der Waals surface area contributed by atoms with Crippen molar-refractivity contribution in [1.29, 1.82) is 0 Å². The number of aryl methyl sites for hydroxylation is 1. The van der Waals surface area contributed by atoms with Gasteiger partial charge in [-0.3, -0.25) is 4.79 Å². The zero-order valence-corrected chi connectivity index (χ0v) is 15.6. The molecule has 1 aromatic rings. The first-order valence-electron chi connectivity index (χ1n) is 8.90. The van der Waals surface area contributed by atoms with Crippen LogP contribution >= 0.6 is 0 Å². The van der Waals surface area contributed by atoms with Gasteiger partial charge in [0, 0.05) is 5.41 Å². The molecule has 1 fully saturated rings. The number of carboxylic acid groups (broad SMARTS) is 1. The first kappa shape index (κ1) is 19.3. The maximum atomic E-state index is 11.9. The molecular formula is C20H29NO4. The molecule has 25 heavy (non-hydrogen) atoms. The number of cyclic esters (lactones) is 1. The number of ether oxygens (including phenoxy) is 1. The fraction of sp³-hybridized carbons (Fsp3) is 0.600. The first-order chi connectivity index (χ1) is 11.6. The molecule has 1 aliphatic heterocycles. The molecule has 138 valence electrons. The van der Waals surface area contributed by atoms with Gasteiger partial charge in [-0.05, 0) is 32.3 Å². The summed E-state index contributed by atoms with van der Waals surface area (Å²) in [7, 11) is 0. The smallest absolute Gasteiger partial charge is 0.407 e. The molecule has 0 radical (unpaired) electrons. The number of unbranched alkanes of at least 4 members (excludes halogenated alkanes) is 1. The Bertz CT molecular complexity index is 640. The van der Waals surface area contributed by atoms with Gasteiger partial charge >= 0.3 is 12.1 Å². The van der Waals surface area contributed by atoms with E-state index in [4.69, 9.17) is 4.74 Å². The molecule has 0 aromatic heterocycles. The number of alkyl carbamates (subject to hydrolysis) is 1. The van der Waals surface area contributed by atoms with Crippen molar-refractivity contribution in [2.75, 3.05) is 6.54 Å². The Morgan fingerprint density at radius 2 is 1.96 bits per heavy atom. The van der Waals surface area contributed by atoms with E-state index >= 15 is 0 Å². The molecule has 0 spiro atoms. The summed E-state index contributed by atoms with van der Waals surface area (Å²) < 4.78 is 5.30. The minimum absolute atomic E-state index is 0.123. The van der Waals surface area contributed by atoms with Crippen LogP contribution in [0.5, 0.6) is 0 Å². The predicted octanol–water partition coefficient (Wildman–Crippen LogP) is 4.03. The SMILES string of the molecule is Cc1cccc(C(C)(CCCCC(C)(C)C2CNC(=O)O2)C(=O)O)c1. The van der Waals surface area contributed by atoms with Crippen LogP contribution in [-0.2, 0) is 14.9 Å². The molecular weight excluding hydrogens is 318 g/mol. The van der Waals surface area contributed by atoms with Crippen molar-refractivity contribution in [3.8, 4) is 0 Å². The van der Waals surface area contributed by atoms with Crippen LogP contribution in [0.2, 0.25) is 0 Å². The van der Waals surface area contributed by atoms with Crippen molar-refractivity contribution < 1.29 is 19.4 Å². The third-order valence-electron chi connectivity index (χ3n) is 5.43. The van der Waals surface area contributed by atoms with Gasteiger partial charge in [0.2, 0.25) is 0 Å². The van der Waals surface area contributed by atoms with Crippen LogP contribution in [0.25, 0.3) is 0 Å². The fourth-order valence-corrected chi connectivity index (χ4v) is 3.41. The summed E-state index contributed by atoms with van der Waals surface area (Å²) >= 11 is 0. The van der Waals surface area contributed by atoms with Crippen LogP contribution in [-0.4, -0.2) is 29.8 Å². The van der Waals surface area contributed by atoms with E-state index in [-0.39, 0.29) is 17.6 Å². The second-order valence-electron chi connectivity index (χ2n) is 7.98. The van der Waals surface area contributed by atoms with Crippen LogP contribution < -0.4 is 5.32 Å². The lowest BCUT2D eigenvalue weighted by Gasteiger charge is -2.30. The largest absolute Gasteiger partial charge is 0.481 e. The van der Waals surface area contributed by atoms with Crippen molar-refractivity contribution in [2.24, 2.45) is 5.41 Å². The average Bonchev–Trinajstić information content (AvgIpc) is 2.98. The normalized spacial score (nSPS) is 19.8. The lowest BCUT2D eigenvalue weighted by molar-refractivity contribution is -0.143. The van der Waals surface area contributed by atoms with E-state index in [0.29, 0.717) is 13.0 Å². The Hall–Kier alpha value is -2.04. The van der Waals surface area contributed by atoms with E-state index in [0.717, 1.165) is 30.4 Å². The highest BCUT2D eigenvalue weighted by Gasteiger charge is 2.38. The summed E-state index contributed by atoms with van der Waals surface area (Å²) in [4.78, 5) is 23.1. The number of rotatable bonds is 8. The van der Waals surface area contributed by atoms with Crippen LogP contribution in [0.3, 0.4) is 0 Å². The molecule has 2 unspecified atom stereocenters. The summed E-state index contributed by atoms with van der Waals surface area (Å²) in [5.41, 5.74) is 0.925. The Morgan fingerprint density at radius 3 is 2.52 bits per heavy atom. The Labute approximate surface area is 149 Å². The van der Waals surface area contributed by atoms with E-state index in [1.807, 2.05) is 31.2 Å². The standard InChI is InChI=1S/C20H29NO4/c1-14-8-7-9-15(12-14)20(4,17(22)23)11-6-5-10-19(2,3)16-13-21-18(24)25-16/h7-9,12,16H,5-6,10-11,13H2,1-4H3,(H,21,24)(H,22,23). The number of carbonyl (C=O) groups is 2. The topological polar surface area (TPSA) is 75.6 Å². The quantitative estimate of drug-likeness (QED) is 0.696. The number of hydrogen-bond acceptors (Lipinski definition) is 3. The molecule has 1 amide bonds. The third kappa shape index (κ3) is 4.53. The minimum Gasteiger partial charge on any atom is -0.481 e. The number of benzene rings is 1. The number of carboxylic acids is 1. The molecule has 1 heterocycles. The van der Waals surface area contributed by atoms with E-state index in [2.05, 4.69) is 19.2 Å². The summed E-state index contributed by atoms with van der Waals surface area (Å²) in [6.45, 7) is 8.51. The van der Waals surface area contributed by atoms with Gasteiger partial charge in [0.25, 0.3) is 0 Å². The second-order valence-corrected chi connectivity index (χ2v) is 7.98. The lowest BCUT2D eigenvalue weighted by Crippen LogP contribution is -2.34. The zero-order valence-electron chi connectivity index (χ0n) is 15.6. The van der Waals surface area contributed by atoms with Crippen molar-refractivity contribution in [2.45, 2.75) is 64.9 Å². The number of nitrogens with one attached hydrogen (secondary N) is 1.